The van der Waals surface area contributed by atoms with Gasteiger partial charge in [-0.2, -0.15) is 4.98 Å². The van der Waals surface area contributed by atoms with E-state index in [0.29, 0.717) is 5.92 Å². The van der Waals surface area contributed by atoms with E-state index in [9.17, 15) is 0 Å². The van der Waals surface area contributed by atoms with Gasteiger partial charge in [-0.05, 0) is 39.9 Å². The summed E-state index contributed by atoms with van der Waals surface area (Å²) in [6.07, 6.45) is 6.65. The molecule has 0 aliphatic heterocycles. The van der Waals surface area contributed by atoms with Crippen molar-refractivity contribution in [3.63, 3.8) is 0 Å². The van der Waals surface area contributed by atoms with Crippen LogP contribution in [-0.4, -0.2) is 16.5 Å². The zero-order valence-corrected chi connectivity index (χ0v) is 12.7. The van der Waals surface area contributed by atoms with Crippen LogP contribution in [0.3, 0.4) is 0 Å². The van der Waals surface area contributed by atoms with Crippen LogP contribution in [-0.2, 0) is 0 Å². The maximum absolute atomic E-state index is 5.77. The third-order valence-corrected chi connectivity index (χ3v) is 3.58. The highest BCUT2D eigenvalue weighted by molar-refractivity contribution is 9.10. The minimum Gasteiger partial charge on any atom is -0.369 e. The molecule has 1 unspecified atom stereocenters. The maximum atomic E-state index is 5.77. The number of hydrogen-bond acceptors (Lipinski definition) is 3. The van der Waals surface area contributed by atoms with Gasteiger partial charge in [-0.25, -0.2) is 4.98 Å². The van der Waals surface area contributed by atoms with Gasteiger partial charge in [-0.15, -0.1) is 0 Å². The summed E-state index contributed by atoms with van der Waals surface area (Å²) in [4.78, 5) is 8.06. The molecule has 0 fully saturated rings. The molecule has 0 amide bonds. The topological polar surface area (TPSA) is 37.8 Å². The zero-order valence-electron chi connectivity index (χ0n) is 10.3. The van der Waals surface area contributed by atoms with E-state index < -0.39 is 0 Å². The molecule has 0 spiro atoms. The van der Waals surface area contributed by atoms with E-state index in [4.69, 9.17) is 11.6 Å². The minimum atomic E-state index is 0.275. The van der Waals surface area contributed by atoms with E-state index in [1.54, 1.807) is 6.20 Å². The molecule has 0 radical (unpaired) electrons. The van der Waals surface area contributed by atoms with Crippen molar-refractivity contribution < 1.29 is 0 Å². The number of hydrogen-bond donors (Lipinski definition) is 1. The Balaban J connectivity index is 2.50. The summed E-state index contributed by atoms with van der Waals surface area (Å²) in [7, 11) is 0. The Bertz CT molecular complexity index is 347. The van der Waals surface area contributed by atoms with Crippen molar-refractivity contribution in [3.8, 4) is 0 Å². The van der Waals surface area contributed by atoms with Crippen LogP contribution in [0.25, 0.3) is 0 Å². The Morgan fingerprint density at radius 2 is 2.24 bits per heavy atom. The number of rotatable bonds is 7. The van der Waals surface area contributed by atoms with E-state index >= 15 is 0 Å². The normalized spacial score (nSPS) is 12.5. The highest BCUT2D eigenvalue weighted by atomic mass is 79.9. The molecular formula is C12H19BrClN3. The molecule has 5 heteroatoms. The Hall–Kier alpha value is -0.350. The summed E-state index contributed by atoms with van der Waals surface area (Å²) < 4.78 is 0.854. The predicted octanol–water partition coefficient (Wildman–Crippen LogP) is 4.52. The van der Waals surface area contributed by atoms with Crippen LogP contribution < -0.4 is 5.32 Å². The summed E-state index contributed by atoms with van der Waals surface area (Å²) >= 11 is 9.18. The van der Waals surface area contributed by atoms with Crippen molar-refractivity contribution in [1.82, 2.24) is 9.97 Å². The van der Waals surface area contributed by atoms with E-state index in [1.165, 1.54) is 25.7 Å². The van der Waals surface area contributed by atoms with Crippen LogP contribution >= 0.6 is 27.5 Å². The van der Waals surface area contributed by atoms with Crippen molar-refractivity contribution in [3.05, 3.63) is 16.0 Å². The molecule has 1 atom stereocenters. The van der Waals surface area contributed by atoms with Crippen molar-refractivity contribution in [1.29, 1.82) is 0 Å². The number of unbranched alkanes of at least 4 members (excludes halogenated alkanes) is 1. The first kappa shape index (κ1) is 14.7. The summed E-state index contributed by atoms with van der Waals surface area (Å²) in [5, 5.41) is 3.61. The van der Waals surface area contributed by atoms with Gasteiger partial charge in [0, 0.05) is 12.7 Å². The standard InChI is InChI=1S/C12H19BrClN3/c1-3-5-6-9(4-2)7-15-11-10(13)8-16-12(14)17-11/h8-9H,3-7H2,1-2H3,(H,15,16,17). The molecule has 17 heavy (non-hydrogen) atoms. The second kappa shape index (κ2) is 7.88. The zero-order chi connectivity index (χ0) is 12.7. The van der Waals surface area contributed by atoms with Gasteiger partial charge in [0.2, 0.25) is 5.28 Å². The molecule has 1 rings (SSSR count). The number of nitrogens with one attached hydrogen (secondary N) is 1. The van der Waals surface area contributed by atoms with Crippen molar-refractivity contribution in [2.45, 2.75) is 39.5 Å². The Morgan fingerprint density at radius 1 is 1.47 bits per heavy atom. The monoisotopic (exact) mass is 319 g/mol. The molecule has 1 aromatic rings. The smallest absolute Gasteiger partial charge is 0.224 e. The largest absolute Gasteiger partial charge is 0.369 e. The van der Waals surface area contributed by atoms with Gasteiger partial charge >= 0.3 is 0 Å². The minimum absolute atomic E-state index is 0.275. The number of anilines is 1. The molecule has 3 nitrogen and oxygen atoms in total. The first-order chi connectivity index (χ1) is 8.17. The average molecular weight is 321 g/mol. The Morgan fingerprint density at radius 3 is 2.88 bits per heavy atom. The van der Waals surface area contributed by atoms with Crippen LogP contribution in [0.2, 0.25) is 5.28 Å². The van der Waals surface area contributed by atoms with Crippen molar-refractivity contribution in [2.24, 2.45) is 5.92 Å². The molecule has 1 heterocycles. The average Bonchev–Trinajstić information content (AvgIpc) is 2.33. The first-order valence-corrected chi connectivity index (χ1v) is 7.26. The lowest BCUT2D eigenvalue weighted by molar-refractivity contribution is 0.472. The van der Waals surface area contributed by atoms with Crippen LogP contribution in [0.15, 0.2) is 10.7 Å². The Labute approximate surface area is 117 Å². The molecule has 0 saturated carbocycles. The molecule has 1 aromatic heterocycles. The quantitative estimate of drug-likeness (QED) is 0.751. The lowest BCUT2D eigenvalue weighted by atomic mass is 9.99. The molecule has 1 N–H and O–H groups in total. The molecule has 0 bridgehead atoms. The van der Waals surface area contributed by atoms with E-state index in [1.807, 2.05) is 0 Å². The maximum Gasteiger partial charge on any atom is 0.224 e. The van der Waals surface area contributed by atoms with E-state index in [2.05, 4.69) is 45.1 Å². The third-order valence-electron chi connectivity index (χ3n) is 2.82. The second-order valence-corrected chi connectivity index (χ2v) is 5.33. The fraction of sp³-hybridized carbons (Fsp3) is 0.667. The molecule has 0 aliphatic rings. The highest BCUT2D eigenvalue weighted by Crippen LogP contribution is 2.21. The number of aromatic nitrogens is 2. The van der Waals surface area contributed by atoms with Gasteiger partial charge in [0.1, 0.15) is 5.82 Å². The summed E-state index contributed by atoms with van der Waals surface area (Å²) in [5.41, 5.74) is 0. The lowest BCUT2D eigenvalue weighted by Gasteiger charge is -2.16. The van der Waals surface area contributed by atoms with Gasteiger partial charge in [0.05, 0.1) is 4.47 Å². The lowest BCUT2D eigenvalue weighted by Crippen LogP contribution is -2.15. The van der Waals surface area contributed by atoms with E-state index in [-0.39, 0.29) is 5.28 Å². The molecule has 0 aromatic carbocycles. The summed E-state index contributed by atoms with van der Waals surface area (Å²) in [6.45, 7) is 5.38. The van der Waals surface area contributed by atoms with Gasteiger partial charge in [0.25, 0.3) is 0 Å². The van der Waals surface area contributed by atoms with Crippen LogP contribution in [0.4, 0.5) is 5.82 Å². The molecule has 0 aliphatic carbocycles. The highest BCUT2D eigenvalue weighted by Gasteiger charge is 2.08. The molecular weight excluding hydrogens is 302 g/mol. The van der Waals surface area contributed by atoms with Gasteiger partial charge < -0.3 is 5.32 Å². The van der Waals surface area contributed by atoms with Crippen LogP contribution in [0.5, 0.6) is 0 Å². The fourth-order valence-corrected chi connectivity index (χ4v) is 2.12. The van der Waals surface area contributed by atoms with Crippen LogP contribution in [0, 0.1) is 5.92 Å². The number of nitrogens with zero attached hydrogens (tertiary/aromatic N) is 2. The Kier molecular flexibility index (Phi) is 6.82. The molecule has 0 saturated heterocycles. The second-order valence-electron chi connectivity index (χ2n) is 4.13. The van der Waals surface area contributed by atoms with Gasteiger partial charge in [-0.3, -0.25) is 0 Å². The summed E-state index contributed by atoms with van der Waals surface area (Å²) in [6, 6.07) is 0. The number of halogens is 2. The SMILES string of the molecule is CCCCC(CC)CNc1nc(Cl)ncc1Br. The molecule has 96 valence electrons. The predicted molar refractivity (Wildman–Crippen MR) is 76.5 cm³/mol. The van der Waals surface area contributed by atoms with Crippen LogP contribution in [0.1, 0.15) is 39.5 Å². The fourth-order valence-electron chi connectivity index (χ4n) is 1.65. The van der Waals surface area contributed by atoms with E-state index in [0.717, 1.165) is 16.8 Å². The third kappa shape index (κ3) is 5.21. The summed E-state index contributed by atoms with van der Waals surface area (Å²) in [5.74, 6) is 1.47. The van der Waals surface area contributed by atoms with Gasteiger partial charge in [0.15, 0.2) is 0 Å². The van der Waals surface area contributed by atoms with Gasteiger partial charge in [-0.1, -0.05) is 33.1 Å². The van der Waals surface area contributed by atoms with Crippen molar-refractivity contribution in [2.75, 3.05) is 11.9 Å². The first-order valence-electron chi connectivity index (χ1n) is 6.09. The van der Waals surface area contributed by atoms with Crippen molar-refractivity contribution >= 4 is 33.3 Å².